The van der Waals surface area contributed by atoms with E-state index < -0.39 is 73.1 Å². The van der Waals surface area contributed by atoms with Gasteiger partial charge in [0.25, 0.3) is 0 Å². The number of carbonyl (C=O) groups is 5. The first kappa shape index (κ1) is 26.2. The number of rotatable bonds is 13. The lowest BCUT2D eigenvalue weighted by atomic mass is 10.1. The van der Waals surface area contributed by atoms with E-state index in [0.29, 0.717) is 0 Å². The fourth-order valence-electron chi connectivity index (χ4n) is 2.03. The lowest BCUT2D eigenvalue weighted by Crippen LogP contribution is -2.59. The van der Waals surface area contributed by atoms with Crippen LogP contribution >= 0.6 is 0 Å². The van der Waals surface area contributed by atoms with E-state index in [1.54, 1.807) is 0 Å². The normalized spacial score (nSPS) is 15.9. The first-order valence-corrected chi connectivity index (χ1v) is 8.52. The van der Waals surface area contributed by atoms with Gasteiger partial charge in [-0.1, -0.05) is 0 Å². The Morgan fingerprint density at radius 3 is 1.83 bits per heavy atom. The van der Waals surface area contributed by atoms with E-state index in [4.69, 9.17) is 21.7 Å². The summed E-state index contributed by atoms with van der Waals surface area (Å²) in [6.07, 6.45) is -2.05. The van der Waals surface area contributed by atoms with Gasteiger partial charge in [-0.25, -0.2) is 4.79 Å². The Morgan fingerprint density at radius 2 is 1.41 bits per heavy atom. The summed E-state index contributed by atoms with van der Waals surface area (Å²) in [5, 5.41) is 42.8. The van der Waals surface area contributed by atoms with Gasteiger partial charge in [-0.2, -0.15) is 0 Å². The first-order valence-electron chi connectivity index (χ1n) is 8.52. The Kier molecular flexibility index (Phi) is 11.4. The predicted octanol–water partition coefficient (Wildman–Crippen LogP) is -5.52. The molecule has 5 unspecified atom stereocenters. The topological polar surface area (TPSA) is 254 Å². The molecule has 0 aromatic heterocycles. The number of nitrogens with two attached hydrogens (primary N) is 2. The van der Waals surface area contributed by atoms with Gasteiger partial charge in [-0.15, -0.1) is 0 Å². The summed E-state index contributed by atoms with van der Waals surface area (Å²) in [5.41, 5.74) is 10.4. The van der Waals surface area contributed by atoms with Gasteiger partial charge >= 0.3 is 5.97 Å². The SMILES string of the molecule is CC(O)C(NC(=O)C(CO)NC(=O)C(CCC(N)=O)NC(=O)C(N)CO)C(=O)O. The van der Waals surface area contributed by atoms with Gasteiger partial charge in [0.15, 0.2) is 6.04 Å². The van der Waals surface area contributed by atoms with Crippen LogP contribution in [0.15, 0.2) is 0 Å². The highest BCUT2D eigenvalue weighted by Crippen LogP contribution is 2.01. The number of aliphatic hydroxyl groups excluding tert-OH is 3. The van der Waals surface area contributed by atoms with Crippen LogP contribution in [0.3, 0.4) is 0 Å². The maximum absolute atomic E-state index is 12.4. The highest BCUT2D eigenvalue weighted by Gasteiger charge is 2.31. The van der Waals surface area contributed by atoms with Crippen LogP contribution in [0.2, 0.25) is 0 Å². The Labute approximate surface area is 165 Å². The van der Waals surface area contributed by atoms with Crippen LogP contribution in [0.5, 0.6) is 0 Å². The second-order valence-electron chi connectivity index (χ2n) is 6.16. The Balaban J connectivity index is 5.24. The van der Waals surface area contributed by atoms with Crippen molar-refractivity contribution in [3.8, 4) is 0 Å². The summed E-state index contributed by atoms with van der Waals surface area (Å²) < 4.78 is 0. The number of primary amides is 1. The zero-order chi connectivity index (χ0) is 22.7. The van der Waals surface area contributed by atoms with E-state index in [-0.39, 0.29) is 12.8 Å². The molecule has 14 nitrogen and oxygen atoms in total. The fraction of sp³-hybridized carbons (Fsp3) is 0.667. The standard InChI is InChI=1S/C15H27N5O9/c1-6(23)11(15(28)29)20-14(27)9(5-22)19-13(26)8(2-3-10(17)24)18-12(25)7(16)4-21/h6-9,11,21-23H,2-5,16H2,1H3,(H2,17,24)(H,18,25)(H,19,26)(H,20,27)(H,28,29). The minimum absolute atomic E-state index is 0.268. The zero-order valence-electron chi connectivity index (χ0n) is 15.7. The monoisotopic (exact) mass is 421 g/mol. The van der Waals surface area contributed by atoms with Crippen LogP contribution in [-0.2, 0) is 24.0 Å². The zero-order valence-corrected chi connectivity index (χ0v) is 15.7. The van der Waals surface area contributed by atoms with Crippen LogP contribution in [0.4, 0.5) is 0 Å². The van der Waals surface area contributed by atoms with Crippen LogP contribution in [0.1, 0.15) is 19.8 Å². The van der Waals surface area contributed by atoms with Crippen molar-refractivity contribution in [3.05, 3.63) is 0 Å². The van der Waals surface area contributed by atoms with Crippen molar-refractivity contribution in [2.24, 2.45) is 11.5 Å². The molecule has 0 radical (unpaired) electrons. The van der Waals surface area contributed by atoms with E-state index in [1.807, 2.05) is 5.32 Å². The number of hydrogen-bond acceptors (Lipinski definition) is 9. The number of amides is 4. The second-order valence-corrected chi connectivity index (χ2v) is 6.16. The van der Waals surface area contributed by atoms with Crippen molar-refractivity contribution in [1.82, 2.24) is 16.0 Å². The lowest BCUT2D eigenvalue weighted by Gasteiger charge is -2.24. The maximum Gasteiger partial charge on any atom is 0.328 e. The van der Waals surface area contributed by atoms with E-state index in [0.717, 1.165) is 6.92 Å². The first-order chi connectivity index (χ1) is 13.4. The average Bonchev–Trinajstić information content (AvgIpc) is 2.65. The van der Waals surface area contributed by atoms with Gasteiger partial charge in [0, 0.05) is 6.42 Å². The van der Waals surface area contributed by atoms with Gasteiger partial charge in [-0.3, -0.25) is 19.2 Å². The number of carboxylic acids is 1. The fourth-order valence-corrected chi connectivity index (χ4v) is 2.03. The molecule has 0 rings (SSSR count). The predicted molar refractivity (Wildman–Crippen MR) is 95.7 cm³/mol. The van der Waals surface area contributed by atoms with Crippen molar-refractivity contribution in [1.29, 1.82) is 0 Å². The number of nitrogens with one attached hydrogen (secondary N) is 3. The van der Waals surface area contributed by atoms with Crippen molar-refractivity contribution >= 4 is 29.6 Å². The van der Waals surface area contributed by atoms with E-state index in [9.17, 15) is 34.2 Å². The molecule has 5 atom stereocenters. The molecule has 0 saturated carbocycles. The highest BCUT2D eigenvalue weighted by atomic mass is 16.4. The quantitative estimate of drug-likeness (QED) is 0.136. The highest BCUT2D eigenvalue weighted by molar-refractivity contribution is 5.94. The summed E-state index contributed by atoms with van der Waals surface area (Å²) in [4.78, 5) is 58.3. The van der Waals surface area contributed by atoms with E-state index in [1.165, 1.54) is 0 Å². The molecular weight excluding hydrogens is 394 g/mol. The largest absolute Gasteiger partial charge is 0.480 e. The summed E-state index contributed by atoms with van der Waals surface area (Å²) in [5.74, 6) is -5.34. The van der Waals surface area contributed by atoms with Crippen molar-refractivity contribution in [2.75, 3.05) is 13.2 Å². The third-order valence-electron chi connectivity index (χ3n) is 3.71. The summed E-state index contributed by atoms with van der Waals surface area (Å²) in [6, 6.07) is -6.05. The molecule has 0 heterocycles. The second kappa shape index (κ2) is 12.6. The molecule has 0 aliphatic rings. The summed E-state index contributed by atoms with van der Waals surface area (Å²) >= 11 is 0. The molecular formula is C15H27N5O9. The Morgan fingerprint density at radius 1 is 0.897 bits per heavy atom. The molecule has 0 aromatic rings. The molecule has 0 saturated heterocycles. The molecule has 4 amide bonds. The molecule has 14 heteroatoms. The number of carboxylic acid groups (broad SMARTS) is 1. The number of aliphatic hydroxyl groups is 3. The minimum Gasteiger partial charge on any atom is -0.480 e. The van der Waals surface area contributed by atoms with Gasteiger partial charge in [0.05, 0.1) is 19.3 Å². The van der Waals surface area contributed by atoms with Crippen LogP contribution in [0.25, 0.3) is 0 Å². The van der Waals surface area contributed by atoms with Gasteiger partial charge in [0.1, 0.15) is 18.1 Å². The van der Waals surface area contributed by atoms with Crippen molar-refractivity contribution < 1.29 is 44.4 Å². The molecule has 0 spiro atoms. The van der Waals surface area contributed by atoms with Gasteiger partial charge in [0.2, 0.25) is 23.6 Å². The van der Waals surface area contributed by atoms with E-state index >= 15 is 0 Å². The van der Waals surface area contributed by atoms with Gasteiger partial charge in [-0.05, 0) is 13.3 Å². The molecule has 0 aromatic carbocycles. The summed E-state index contributed by atoms with van der Waals surface area (Å²) in [7, 11) is 0. The third kappa shape index (κ3) is 9.29. The molecule has 29 heavy (non-hydrogen) atoms. The Hall–Kier alpha value is -2.81. The molecule has 0 aliphatic heterocycles. The number of hydrogen-bond donors (Lipinski definition) is 9. The maximum atomic E-state index is 12.4. The minimum atomic E-state index is -1.69. The number of aliphatic carboxylic acids is 1. The van der Waals surface area contributed by atoms with Crippen molar-refractivity contribution in [2.45, 2.75) is 50.0 Å². The molecule has 11 N–H and O–H groups in total. The lowest BCUT2D eigenvalue weighted by molar-refractivity contribution is -0.145. The molecule has 166 valence electrons. The summed E-state index contributed by atoms with van der Waals surface area (Å²) in [6.45, 7) is -0.532. The molecule has 0 aliphatic carbocycles. The Bertz CT molecular complexity index is 613. The van der Waals surface area contributed by atoms with Gasteiger partial charge < -0.3 is 47.8 Å². The molecule has 0 fully saturated rings. The van der Waals surface area contributed by atoms with E-state index in [2.05, 4.69) is 10.6 Å². The van der Waals surface area contributed by atoms with Crippen LogP contribution in [-0.4, -0.2) is 93.5 Å². The van der Waals surface area contributed by atoms with Crippen molar-refractivity contribution in [3.63, 3.8) is 0 Å². The third-order valence-corrected chi connectivity index (χ3v) is 3.71. The number of carbonyl (C=O) groups excluding carboxylic acids is 4. The molecule has 0 bridgehead atoms. The van der Waals surface area contributed by atoms with Crippen LogP contribution in [0, 0.1) is 0 Å². The van der Waals surface area contributed by atoms with Crippen LogP contribution < -0.4 is 27.4 Å². The smallest absolute Gasteiger partial charge is 0.328 e. The average molecular weight is 421 g/mol.